The van der Waals surface area contributed by atoms with Crippen molar-refractivity contribution in [1.82, 2.24) is 9.80 Å². The predicted octanol–water partition coefficient (Wildman–Crippen LogP) is 2.29. The smallest absolute Gasteiger partial charge is 0.227 e. The largest absolute Gasteiger partial charge is 0.396 e. The van der Waals surface area contributed by atoms with E-state index in [1.807, 2.05) is 16.7 Å². The third-order valence-electron chi connectivity index (χ3n) is 6.16. The fourth-order valence-electron chi connectivity index (χ4n) is 4.31. The molecule has 1 N–H and O–H groups in total. The molecule has 5 nitrogen and oxygen atoms in total. The number of carbonyl (C=O) groups excluding carboxylic acids is 2. The molecule has 0 aromatic heterocycles. The van der Waals surface area contributed by atoms with Crippen LogP contribution in [0.2, 0.25) is 0 Å². The van der Waals surface area contributed by atoms with Crippen LogP contribution in [0.15, 0.2) is 18.2 Å². The summed E-state index contributed by atoms with van der Waals surface area (Å²) >= 11 is 0. The Balaban J connectivity index is 1.57. The Morgan fingerprint density at radius 3 is 2.70 bits per heavy atom. The number of hydrogen-bond acceptors (Lipinski definition) is 3. The van der Waals surface area contributed by atoms with Crippen molar-refractivity contribution in [2.24, 2.45) is 5.41 Å². The van der Waals surface area contributed by atoms with E-state index in [0.29, 0.717) is 32.5 Å². The number of halogens is 1. The molecule has 27 heavy (non-hydrogen) atoms. The summed E-state index contributed by atoms with van der Waals surface area (Å²) in [5.74, 6) is -0.0902. The van der Waals surface area contributed by atoms with Gasteiger partial charge >= 0.3 is 0 Å². The van der Waals surface area contributed by atoms with E-state index in [0.717, 1.165) is 36.9 Å². The molecule has 1 aromatic carbocycles. The van der Waals surface area contributed by atoms with E-state index in [2.05, 4.69) is 0 Å². The molecule has 3 rings (SSSR count). The highest BCUT2D eigenvalue weighted by Crippen LogP contribution is 2.40. The number of aryl methyl sites for hydroxylation is 1. The summed E-state index contributed by atoms with van der Waals surface area (Å²) in [5.41, 5.74) is 1.77. The number of carbonyl (C=O) groups is 2. The molecule has 0 atom stereocenters. The third-order valence-corrected chi connectivity index (χ3v) is 6.16. The van der Waals surface area contributed by atoms with Crippen LogP contribution >= 0.6 is 0 Å². The zero-order chi connectivity index (χ0) is 19.4. The molecule has 0 radical (unpaired) electrons. The van der Waals surface area contributed by atoms with Gasteiger partial charge in [-0.1, -0.05) is 6.07 Å². The zero-order valence-corrected chi connectivity index (χ0v) is 16.0. The number of benzene rings is 1. The van der Waals surface area contributed by atoms with E-state index in [1.165, 1.54) is 12.1 Å². The van der Waals surface area contributed by atoms with Crippen LogP contribution in [0.4, 0.5) is 4.39 Å². The number of nitrogens with zero attached hydrogens (tertiary/aromatic N) is 2. The van der Waals surface area contributed by atoms with Gasteiger partial charge in [-0.25, -0.2) is 4.39 Å². The first-order valence-corrected chi connectivity index (χ1v) is 9.84. The van der Waals surface area contributed by atoms with Crippen molar-refractivity contribution >= 4 is 11.8 Å². The van der Waals surface area contributed by atoms with Gasteiger partial charge in [-0.2, -0.15) is 0 Å². The Labute approximate surface area is 160 Å². The van der Waals surface area contributed by atoms with Crippen molar-refractivity contribution in [1.29, 1.82) is 0 Å². The normalized spacial score (nSPS) is 19.6. The van der Waals surface area contributed by atoms with E-state index in [1.54, 1.807) is 6.07 Å². The lowest BCUT2D eigenvalue weighted by molar-refractivity contribution is -0.142. The van der Waals surface area contributed by atoms with Crippen molar-refractivity contribution in [2.45, 2.75) is 45.4 Å². The minimum absolute atomic E-state index is 0.0440. The van der Waals surface area contributed by atoms with Gasteiger partial charge in [0.05, 0.1) is 6.42 Å². The number of rotatable bonds is 5. The minimum Gasteiger partial charge on any atom is -0.396 e. The van der Waals surface area contributed by atoms with E-state index >= 15 is 0 Å². The lowest BCUT2D eigenvalue weighted by Crippen LogP contribution is -2.52. The average molecular weight is 376 g/mol. The van der Waals surface area contributed by atoms with Gasteiger partial charge in [0.15, 0.2) is 0 Å². The number of hydrogen-bond donors (Lipinski definition) is 1. The van der Waals surface area contributed by atoms with Gasteiger partial charge in [-0.3, -0.25) is 9.59 Å². The molecule has 148 valence electrons. The summed E-state index contributed by atoms with van der Waals surface area (Å²) < 4.78 is 13.5. The molecule has 1 aromatic rings. The van der Waals surface area contributed by atoms with Crippen molar-refractivity contribution < 1.29 is 19.1 Å². The third kappa shape index (κ3) is 4.67. The minimum atomic E-state index is -0.309. The van der Waals surface area contributed by atoms with Gasteiger partial charge < -0.3 is 14.9 Å². The van der Waals surface area contributed by atoms with Gasteiger partial charge in [-0.15, -0.1) is 0 Å². The highest BCUT2D eigenvalue weighted by Gasteiger charge is 2.41. The second-order valence-corrected chi connectivity index (χ2v) is 8.02. The maximum atomic E-state index is 13.5. The van der Waals surface area contributed by atoms with Gasteiger partial charge in [0.1, 0.15) is 5.82 Å². The van der Waals surface area contributed by atoms with Crippen LogP contribution in [0.3, 0.4) is 0 Å². The molecule has 0 aliphatic carbocycles. The first-order chi connectivity index (χ1) is 12.9. The second kappa shape index (κ2) is 8.38. The molecule has 2 heterocycles. The molecule has 2 aliphatic rings. The second-order valence-electron chi connectivity index (χ2n) is 8.02. The van der Waals surface area contributed by atoms with Crippen LogP contribution in [-0.4, -0.2) is 59.5 Å². The van der Waals surface area contributed by atoms with Crippen molar-refractivity contribution in [3.05, 3.63) is 35.1 Å². The van der Waals surface area contributed by atoms with E-state index < -0.39 is 0 Å². The fraction of sp³-hybridized carbons (Fsp3) is 0.619. The lowest BCUT2D eigenvalue weighted by atomic mass is 9.72. The molecule has 0 unspecified atom stereocenters. The van der Waals surface area contributed by atoms with Gasteiger partial charge in [0, 0.05) is 39.2 Å². The predicted molar refractivity (Wildman–Crippen MR) is 101 cm³/mol. The van der Waals surface area contributed by atoms with Crippen molar-refractivity contribution in [3.8, 4) is 0 Å². The highest BCUT2D eigenvalue weighted by molar-refractivity contribution is 5.79. The van der Waals surface area contributed by atoms with Gasteiger partial charge in [0.25, 0.3) is 0 Å². The van der Waals surface area contributed by atoms with E-state index in [-0.39, 0.29) is 36.1 Å². The molecule has 0 saturated carbocycles. The first-order valence-electron chi connectivity index (χ1n) is 9.84. The van der Waals surface area contributed by atoms with E-state index in [9.17, 15) is 14.0 Å². The van der Waals surface area contributed by atoms with E-state index in [4.69, 9.17) is 5.11 Å². The fourth-order valence-corrected chi connectivity index (χ4v) is 4.31. The molecular weight excluding hydrogens is 347 g/mol. The summed E-state index contributed by atoms with van der Waals surface area (Å²) in [6.07, 6.45) is 4.07. The summed E-state index contributed by atoms with van der Waals surface area (Å²) in [4.78, 5) is 28.5. The Bertz CT molecular complexity index is 699. The van der Waals surface area contributed by atoms with Crippen LogP contribution in [-0.2, 0) is 16.0 Å². The highest BCUT2D eigenvalue weighted by atomic mass is 19.1. The molecule has 6 heteroatoms. The zero-order valence-electron chi connectivity index (χ0n) is 16.0. The summed E-state index contributed by atoms with van der Waals surface area (Å²) in [7, 11) is 0. The molecule has 2 saturated heterocycles. The lowest BCUT2D eigenvalue weighted by Gasteiger charge is -2.47. The first kappa shape index (κ1) is 19.8. The van der Waals surface area contributed by atoms with Crippen LogP contribution < -0.4 is 0 Å². The number of likely N-dealkylation sites (tertiary alicyclic amines) is 2. The Morgan fingerprint density at radius 1 is 1.26 bits per heavy atom. The SMILES string of the molecule is Cc1ccc(F)cc1CC(=O)N1CCC2(CCC(=O)N(CCCO)C2)CC1. The number of piperidine rings is 2. The Hall–Kier alpha value is -1.95. The monoisotopic (exact) mass is 376 g/mol. The molecule has 2 fully saturated rings. The van der Waals surface area contributed by atoms with Crippen molar-refractivity contribution in [3.63, 3.8) is 0 Å². The van der Waals surface area contributed by atoms with Crippen LogP contribution in [0.5, 0.6) is 0 Å². The molecule has 1 spiro atoms. The Morgan fingerprint density at radius 2 is 2.00 bits per heavy atom. The van der Waals surface area contributed by atoms with Crippen LogP contribution in [0.1, 0.15) is 43.2 Å². The number of aliphatic hydroxyl groups is 1. The number of amides is 2. The van der Waals surface area contributed by atoms with Crippen LogP contribution in [0, 0.1) is 18.2 Å². The molecule has 0 bridgehead atoms. The summed E-state index contributed by atoms with van der Waals surface area (Å²) in [6.45, 7) is 4.71. The molecule has 2 amide bonds. The molecule has 2 aliphatic heterocycles. The van der Waals surface area contributed by atoms with Gasteiger partial charge in [0.2, 0.25) is 11.8 Å². The van der Waals surface area contributed by atoms with Crippen LogP contribution in [0.25, 0.3) is 0 Å². The topological polar surface area (TPSA) is 60.9 Å². The quantitative estimate of drug-likeness (QED) is 0.858. The Kier molecular flexibility index (Phi) is 6.15. The molecular formula is C21H29FN2O3. The summed E-state index contributed by atoms with van der Waals surface area (Å²) in [6, 6.07) is 4.58. The maximum absolute atomic E-state index is 13.5. The average Bonchev–Trinajstić information content (AvgIpc) is 2.66. The maximum Gasteiger partial charge on any atom is 0.227 e. The van der Waals surface area contributed by atoms with Gasteiger partial charge in [-0.05, 0) is 61.3 Å². The standard InChI is InChI=1S/C21H29FN2O3/c1-16-3-4-18(22)13-17(16)14-20(27)23-10-7-21(8-11-23)6-5-19(26)24(15-21)9-2-12-25/h3-4,13,25H,2,5-12,14-15H2,1H3. The summed E-state index contributed by atoms with van der Waals surface area (Å²) in [5, 5.41) is 9.03. The van der Waals surface area contributed by atoms with Crippen molar-refractivity contribution in [2.75, 3.05) is 32.8 Å². The number of aliphatic hydroxyl groups excluding tert-OH is 1.